The topological polar surface area (TPSA) is 54.3 Å². The summed E-state index contributed by atoms with van der Waals surface area (Å²) in [7, 11) is 1.77. The van der Waals surface area contributed by atoms with Gasteiger partial charge in [-0.15, -0.1) is 0 Å². The van der Waals surface area contributed by atoms with Crippen molar-refractivity contribution >= 4 is 33.1 Å². The molecule has 6 heteroatoms. The first kappa shape index (κ1) is 19.9. The van der Waals surface area contributed by atoms with E-state index >= 15 is 0 Å². The van der Waals surface area contributed by atoms with Gasteiger partial charge in [-0.2, -0.15) is 0 Å². The van der Waals surface area contributed by atoms with Crippen LogP contribution in [-0.4, -0.2) is 35.0 Å². The molecule has 1 aliphatic rings. The summed E-state index contributed by atoms with van der Waals surface area (Å²) >= 11 is 1.20. The number of hydrogen-bond donors (Lipinski definition) is 1. The van der Waals surface area contributed by atoms with E-state index in [4.69, 9.17) is 0 Å². The highest BCUT2D eigenvalue weighted by atomic mass is 32.1. The predicted octanol–water partition coefficient (Wildman–Crippen LogP) is 3.88. The van der Waals surface area contributed by atoms with Crippen molar-refractivity contribution in [2.45, 2.75) is 25.7 Å². The average Bonchev–Trinajstić information content (AvgIpc) is 3.01. The van der Waals surface area contributed by atoms with Crippen LogP contribution in [0, 0.1) is 5.92 Å². The van der Waals surface area contributed by atoms with Gasteiger partial charge in [0.25, 0.3) is 0 Å². The molecule has 0 aliphatic carbocycles. The van der Waals surface area contributed by atoms with Crippen molar-refractivity contribution in [1.82, 2.24) is 9.47 Å². The number of fused-ring (bicyclic) bond motifs is 1. The quantitative estimate of drug-likeness (QED) is 0.672. The number of piperidine rings is 1. The zero-order valence-corrected chi connectivity index (χ0v) is 17.6. The molecule has 2 aromatic carbocycles. The minimum Gasteiger partial charge on any atom is -0.326 e. The summed E-state index contributed by atoms with van der Waals surface area (Å²) in [6.45, 7) is 2.92. The minimum atomic E-state index is 0.0131. The van der Waals surface area contributed by atoms with E-state index in [0.717, 1.165) is 47.9 Å². The summed E-state index contributed by atoms with van der Waals surface area (Å²) in [6.07, 6.45) is 4.04. The number of aryl methyl sites for hydroxylation is 1. The SMILES string of the molecule is Cn1c(=O)sc2cc(NC(=O)CCN3CCC(Cc4ccccc4)CC3)ccc21. The van der Waals surface area contributed by atoms with Crippen LogP contribution in [0.1, 0.15) is 24.8 Å². The van der Waals surface area contributed by atoms with Crippen molar-refractivity contribution < 1.29 is 4.79 Å². The molecule has 0 saturated carbocycles. The standard InChI is InChI=1S/C23H27N3O2S/c1-25-20-8-7-19(16-21(20)29-23(25)28)24-22(27)11-14-26-12-9-18(10-13-26)15-17-5-3-2-4-6-17/h2-8,16,18H,9-15H2,1H3,(H,24,27). The lowest BCUT2D eigenvalue weighted by molar-refractivity contribution is -0.116. The second-order valence-corrected chi connectivity index (χ2v) is 8.88. The van der Waals surface area contributed by atoms with Gasteiger partial charge in [0.2, 0.25) is 5.91 Å². The van der Waals surface area contributed by atoms with Crippen LogP contribution in [0.25, 0.3) is 10.2 Å². The van der Waals surface area contributed by atoms with Crippen LogP contribution >= 0.6 is 11.3 Å². The lowest BCUT2D eigenvalue weighted by Crippen LogP contribution is -2.36. The fourth-order valence-electron chi connectivity index (χ4n) is 4.06. The highest BCUT2D eigenvalue weighted by molar-refractivity contribution is 7.16. The maximum atomic E-state index is 12.4. The van der Waals surface area contributed by atoms with Gasteiger partial charge < -0.3 is 14.8 Å². The van der Waals surface area contributed by atoms with Crippen LogP contribution in [0.5, 0.6) is 0 Å². The van der Waals surface area contributed by atoms with Crippen molar-refractivity contribution in [3.8, 4) is 0 Å². The molecule has 4 rings (SSSR count). The van der Waals surface area contributed by atoms with Crippen LogP contribution in [0.2, 0.25) is 0 Å². The molecule has 1 N–H and O–H groups in total. The van der Waals surface area contributed by atoms with Gasteiger partial charge in [0, 0.05) is 25.7 Å². The number of carbonyl (C=O) groups excluding carboxylic acids is 1. The van der Waals surface area contributed by atoms with Gasteiger partial charge in [-0.05, 0) is 62.0 Å². The van der Waals surface area contributed by atoms with Gasteiger partial charge >= 0.3 is 4.87 Å². The van der Waals surface area contributed by atoms with Crippen molar-refractivity contribution in [2.75, 3.05) is 25.0 Å². The number of nitrogens with zero attached hydrogens (tertiary/aromatic N) is 2. The number of benzene rings is 2. The number of thiazole rings is 1. The van der Waals surface area contributed by atoms with E-state index in [9.17, 15) is 9.59 Å². The Morgan fingerprint density at radius 2 is 1.90 bits per heavy atom. The molecule has 0 atom stereocenters. The van der Waals surface area contributed by atoms with Gasteiger partial charge in [-0.1, -0.05) is 41.7 Å². The molecule has 2 heterocycles. The van der Waals surface area contributed by atoms with Crippen molar-refractivity contribution in [3.05, 3.63) is 63.8 Å². The molecule has 0 bridgehead atoms. The number of anilines is 1. The van der Waals surface area contributed by atoms with E-state index in [1.807, 2.05) is 18.2 Å². The van der Waals surface area contributed by atoms with Gasteiger partial charge in [0.05, 0.1) is 10.2 Å². The van der Waals surface area contributed by atoms with E-state index in [0.29, 0.717) is 6.42 Å². The zero-order chi connectivity index (χ0) is 20.2. The Morgan fingerprint density at radius 1 is 1.14 bits per heavy atom. The first-order valence-corrected chi connectivity index (χ1v) is 11.1. The van der Waals surface area contributed by atoms with E-state index in [-0.39, 0.29) is 10.8 Å². The number of nitrogens with one attached hydrogen (secondary N) is 1. The van der Waals surface area contributed by atoms with Gasteiger partial charge in [0.15, 0.2) is 0 Å². The smallest absolute Gasteiger partial charge is 0.307 e. The van der Waals surface area contributed by atoms with Crippen molar-refractivity contribution in [2.24, 2.45) is 13.0 Å². The van der Waals surface area contributed by atoms with Crippen LogP contribution in [0.15, 0.2) is 53.3 Å². The Morgan fingerprint density at radius 3 is 2.66 bits per heavy atom. The third-order valence-corrected chi connectivity index (χ3v) is 6.80. The van der Waals surface area contributed by atoms with E-state index in [1.54, 1.807) is 11.6 Å². The van der Waals surface area contributed by atoms with Crippen LogP contribution < -0.4 is 10.2 Å². The number of rotatable bonds is 6. The molecule has 0 unspecified atom stereocenters. The molecular formula is C23H27N3O2S. The maximum absolute atomic E-state index is 12.4. The summed E-state index contributed by atoms with van der Waals surface area (Å²) in [5.41, 5.74) is 3.08. The Kier molecular flexibility index (Phi) is 6.11. The van der Waals surface area contributed by atoms with Gasteiger partial charge in [-0.25, -0.2) is 0 Å². The molecule has 1 aromatic heterocycles. The number of amides is 1. The molecule has 29 heavy (non-hydrogen) atoms. The fraction of sp³-hybridized carbons (Fsp3) is 0.391. The molecule has 1 amide bonds. The Bertz CT molecular complexity index is 1030. The first-order chi connectivity index (χ1) is 14.1. The average molecular weight is 410 g/mol. The molecule has 1 fully saturated rings. The Hall–Kier alpha value is -2.44. The van der Waals surface area contributed by atoms with Crippen molar-refractivity contribution in [3.63, 3.8) is 0 Å². The lowest BCUT2D eigenvalue weighted by atomic mass is 9.90. The molecular weight excluding hydrogens is 382 g/mol. The highest BCUT2D eigenvalue weighted by Crippen LogP contribution is 2.23. The van der Waals surface area contributed by atoms with Crippen LogP contribution in [0.4, 0.5) is 5.69 Å². The summed E-state index contributed by atoms with van der Waals surface area (Å²) in [5, 5.41) is 2.97. The number of likely N-dealkylation sites (tertiary alicyclic amines) is 1. The second kappa shape index (κ2) is 8.93. The number of aromatic nitrogens is 1. The molecule has 1 saturated heterocycles. The normalized spacial score (nSPS) is 15.6. The summed E-state index contributed by atoms with van der Waals surface area (Å²) in [5.74, 6) is 0.770. The Balaban J connectivity index is 1.23. The predicted molar refractivity (Wildman–Crippen MR) is 120 cm³/mol. The lowest BCUT2D eigenvalue weighted by Gasteiger charge is -2.31. The highest BCUT2D eigenvalue weighted by Gasteiger charge is 2.20. The van der Waals surface area contributed by atoms with Gasteiger partial charge in [-0.3, -0.25) is 9.59 Å². The minimum absolute atomic E-state index is 0.0131. The molecule has 0 radical (unpaired) electrons. The summed E-state index contributed by atoms with van der Waals surface area (Å²) in [6, 6.07) is 16.3. The van der Waals surface area contributed by atoms with Crippen LogP contribution in [-0.2, 0) is 18.3 Å². The van der Waals surface area contributed by atoms with E-state index in [1.165, 1.54) is 29.7 Å². The van der Waals surface area contributed by atoms with Gasteiger partial charge in [0.1, 0.15) is 0 Å². The fourth-order valence-corrected chi connectivity index (χ4v) is 4.98. The number of carbonyl (C=O) groups is 1. The maximum Gasteiger partial charge on any atom is 0.307 e. The summed E-state index contributed by atoms with van der Waals surface area (Å²) < 4.78 is 2.53. The Labute approximate surface area is 175 Å². The molecule has 152 valence electrons. The summed E-state index contributed by atoms with van der Waals surface area (Å²) in [4.78, 5) is 26.5. The molecule has 0 spiro atoms. The zero-order valence-electron chi connectivity index (χ0n) is 16.8. The second-order valence-electron chi connectivity index (χ2n) is 7.88. The van der Waals surface area contributed by atoms with E-state index < -0.39 is 0 Å². The van der Waals surface area contributed by atoms with Crippen LogP contribution in [0.3, 0.4) is 0 Å². The number of hydrogen-bond acceptors (Lipinski definition) is 4. The third kappa shape index (κ3) is 4.95. The first-order valence-electron chi connectivity index (χ1n) is 10.2. The largest absolute Gasteiger partial charge is 0.326 e. The monoisotopic (exact) mass is 409 g/mol. The van der Waals surface area contributed by atoms with Crippen molar-refractivity contribution in [1.29, 1.82) is 0 Å². The van der Waals surface area contributed by atoms with E-state index in [2.05, 4.69) is 40.5 Å². The molecule has 3 aromatic rings. The molecule has 1 aliphatic heterocycles. The third-order valence-electron chi connectivity index (χ3n) is 5.81. The molecule has 5 nitrogen and oxygen atoms in total.